The maximum atomic E-state index is 11.4. The van der Waals surface area contributed by atoms with E-state index in [0.717, 1.165) is 18.0 Å². The lowest BCUT2D eigenvalue weighted by molar-refractivity contribution is 0.597. The Hall–Kier alpha value is -0.640. The zero-order chi connectivity index (χ0) is 13.1. The smallest absolute Gasteiger partial charge is 0.209 e. The van der Waals surface area contributed by atoms with Crippen LogP contribution in [0.4, 0.5) is 0 Å². The molecule has 0 radical (unpaired) electrons. The van der Waals surface area contributed by atoms with Crippen LogP contribution in [-0.4, -0.2) is 39.6 Å². The van der Waals surface area contributed by atoms with Crippen LogP contribution in [0.5, 0.6) is 0 Å². The molecule has 9 heteroatoms. The van der Waals surface area contributed by atoms with Crippen molar-refractivity contribution in [2.24, 2.45) is 5.14 Å². The van der Waals surface area contributed by atoms with Crippen LogP contribution < -0.4 is 5.14 Å². The molecule has 1 aromatic heterocycles. The number of sulfone groups is 1. The van der Waals surface area contributed by atoms with Crippen LogP contribution >= 0.6 is 11.8 Å². The summed E-state index contributed by atoms with van der Waals surface area (Å²) in [4.78, 5) is 4.01. The van der Waals surface area contributed by atoms with Crippen LogP contribution in [0.1, 0.15) is 0 Å². The third-order valence-corrected chi connectivity index (χ3v) is 5.04. The Balaban J connectivity index is 2.86. The van der Waals surface area contributed by atoms with Gasteiger partial charge in [-0.05, 0) is 12.1 Å². The Labute approximate surface area is 105 Å². The van der Waals surface area contributed by atoms with Gasteiger partial charge in [-0.2, -0.15) is 0 Å². The van der Waals surface area contributed by atoms with Crippen molar-refractivity contribution < 1.29 is 16.8 Å². The summed E-state index contributed by atoms with van der Waals surface area (Å²) in [5, 5.41) is 5.13. The molecule has 0 atom stereocenters. The van der Waals surface area contributed by atoms with Gasteiger partial charge in [-0.25, -0.2) is 27.0 Å². The molecule has 0 fully saturated rings. The highest BCUT2D eigenvalue weighted by atomic mass is 32.2. The van der Waals surface area contributed by atoms with E-state index in [1.165, 1.54) is 18.3 Å². The molecule has 17 heavy (non-hydrogen) atoms. The summed E-state index contributed by atoms with van der Waals surface area (Å²) in [7, 11) is -6.90. The summed E-state index contributed by atoms with van der Waals surface area (Å²) < 4.78 is 44.3. The Morgan fingerprint density at radius 3 is 2.53 bits per heavy atom. The van der Waals surface area contributed by atoms with Crippen molar-refractivity contribution in [3.8, 4) is 0 Å². The molecule has 0 aliphatic heterocycles. The molecule has 0 unspecified atom stereocenters. The van der Waals surface area contributed by atoms with E-state index in [4.69, 9.17) is 5.14 Å². The van der Waals surface area contributed by atoms with Crippen LogP contribution in [-0.2, 0) is 19.9 Å². The summed E-state index contributed by atoms with van der Waals surface area (Å²) >= 11 is 1.05. The minimum Gasteiger partial charge on any atom is -0.249 e. The molecule has 0 aliphatic carbocycles. The second-order valence-corrected chi connectivity index (χ2v) is 8.10. The van der Waals surface area contributed by atoms with E-state index in [2.05, 4.69) is 4.98 Å². The average Bonchev–Trinajstić information content (AvgIpc) is 2.15. The number of primary sulfonamides is 1. The van der Waals surface area contributed by atoms with E-state index in [9.17, 15) is 16.8 Å². The van der Waals surface area contributed by atoms with E-state index in [1.54, 1.807) is 0 Å². The first-order valence-electron chi connectivity index (χ1n) is 4.48. The molecule has 96 valence electrons. The molecular formula is C8H12N2O4S3. The molecule has 0 aliphatic rings. The predicted molar refractivity (Wildman–Crippen MR) is 66.0 cm³/mol. The monoisotopic (exact) mass is 296 g/mol. The second-order valence-electron chi connectivity index (χ2n) is 3.29. The number of hydrogen-bond acceptors (Lipinski definition) is 6. The van der Waals surface area contributed by atoms with Gasteiger partial charge in [-0.3, -0.25) is 0 Å². The second kappa shape index (κ2) is 5.34. The largest absolute Gasteiger partial charge is 0.249 e. The van der Waals surface area contributed by atoms with Crippen LogP contribution in [0.2, 0.25) is 0 Å². The van der Waals surface area contributed by atoms with Crippen LogP contribution in [0.3, 0.4) is 0 Å². The predicted octanol–water partition coefficient (Wildman–Crippen LogP) is -0.134. The molecular weight excluding hydrogens is 284 g/mol. The topological polar surface area (TPSA) is 107 Å². The van der Waals surface area contributed by atoms with Gasteiger partial charge in [-0.1, -0.05) is 0 Å². The number of nitrogens with zero attached hydrogens (tertiary/aromatic N) is 1. The zero-order valence-corrected chi connectivity index (χ0v) is 11.5. The number of sulfonamides is 1. The summed E-state index contributed by atoms with van der Waals surface area (Å²) in [6, 6.07) is 2.95. The van der Waals surface area contributed by atoms with E-state index < -0.39 is 19.9 Å². The van der Waals surface area contributed by atoms with E-state index in [1.807, 2.05) is 0 Å². The van der Waals surface area contributed by atoms with E-state index >= 15 is 0 Å². The van der Waals surface area contributed by atoms with Gasteiger partial charge in [0.15, 0.2) is 9.84 Å². The number of pyridine rings is 1. The summed E-state index contributed by atoms with van der Waals surface area (Å²) in [6.07, 6.45) is 2.53. The highest BCUT2D eigenvalue weighted by Crippen LogP contribution is 2.23. The lowest BCUT2D eigenvalue weighted by Crippen LogP contribution is -2.18. The van der Waals surface area contributed by atoms with Gasteiger partial charge in [0.05, 0.1) is 10.6 Å². The number of nitrogens with two attached hydrogens (primary N) is 1. The SMILES string of the molecule is CS(=O)(=O)c1cccnc1SCCS(N)(=O)=O. The quantitative estimate of drug-likeness (QED) is 0.758. The molecule has 0 spiro atoms. The van der Waals surface area contributed by atoms with E-state index in [0.29, 0.717) is 5.03 Å². The minimum absolute atomic E-state index is 0.0967. The Bertz CT molecular complexity index is 595. The highest BCUT2D eigenvalue weighted by molar-refractivity contribution is 8.01. The van der Waals surface area contributed by atoms with E-state index in [-0.39, 0.29) is 16.4 Å². The van der Waals surface area contributed by atoms with Crippen molar-refractivity contribution in [3.63, 3.8) is 0 Å². The van der Waals surface area contributed by atoms with Gasteiger partial charge in [0.2, 0.25) is 10.0 Å². The number of aromatic nitrogens is 1. The summed E-state index contributed by atoms with van der Waals surface area (Å²) in [5.74, 6) is -0.0597. The maximum absolute atomic E-state index is 11.4. The van der Waals surface area contributed by atoms with Gasteiger partial charge >= 0.3 is 0 Å². The molecule has 0 saturated carbocycles. The van der Waals surface area contributed by atoms with Crippen LogP contribution in [0.15, 0.2) is 28.3 Å². The van der Waals surface area contributed by atoms with Gasteiger partial charge < -0.3 is 0 Å². The van der Waals surface area contributed by atoms with Gasteiger partial charge in [0.25, 0.3) is 0 Å². The normalized spacial score (nSPS) is 12.6. The highest BCUT2D eigenvalue weighted by Gasteiger charge is 2.14. The van der Waals surface area contributed by atoms with Crippen LogP contribution in [0.25, 0.3) is 0 Å². The molecule has 0 amide bonds. The molecule has 1 aromatic rings. The first kappa shape index (κ1) is 14.4. The van der Waals surface area contributed by atoms with Gasteiger partial charge in [0, 0.05) is 18.2 Å². The lowest BCUT2D eigenvalue weighted by Gasteiger charge is -2.05. The van der Waals surface area contributed by atoms with Crippen molar-refractivity contribution in [3.05, 3.63) is 18.3 Å². The third-order valence-electron chi connectivity index (χ3n) is 1.74. The first-order valence-corrected chi connectivity index (χ1v) is 9.08. The van der Waals surface area contributed by atoms with Crippen molar-refractivity contribution in [1.82, 2.24) is 4.98 Å². The van der Waals surface area contributed by atoms with Crippen molar-refractivity contribution in [2.75, 3.05) is 17.8 Å². The molecule has 0 aromatic carbocycles. The Morgan fingerprint density at radius 2 is 2.00 bits per heavy atom. The molecule has 6 nitrogen and oxygen atoms in total. The molecule has 1 heterocycles. The summed E-state index contributed by atoms with van der Waals surface area (Å²) in [6.45, 7) is 0. The Morgan fingerprint density at radius 1 is 1.35 bits per heavy atom. The fourth-order valence-electron chi connectivity index (χ4n) is 1.02. The Kier molecular flexibility index (Phi) is 4.53. The van der Waals surface area contributed by atoms with Gasteiger partial charge in [0.1, 0.15) is 5.03 Å². The average molecular weight is 296 g/mol. The summed E-state index contributed by atoms with van der Waals surface area (Å²) in [5.41, 5.74) is 0. The number of hydrogen-bond donors (Lipinski definition) is 1. The first-order chi connectivity index (χ1) is 7.70. The van der Waals surface area contributed by atoms with Gasteiger partial charge in [-0.15, -0.1) is 11.8 Å². The fourth-order valence-corrected chi connectivity index (χ4v) is 4.15. The minimum atomic E-state index is -3.54. The third kappa shape index (κ3) is 5.02. The van der Waals surface area contributed by atoms with Crippen molar-refractivity contribution in [1.29, 1.82) is 0 Å². The molecule has 0 bridgehead atoms. The maximum Gasteiger partial charge on any atom is 0.209 e. The fraction of sp³-hybridized carbons (Fsp3) is 0.375. The van der Waals surface area contributed by atoms with Crippen LogP contribution in [0, 0.1) is 0 Å². The number of thioether (sulfide) groups is 1. The molecule has 1 rings (SSSR count). The molecule has 2 N–H and O–H groups in total. The van der Waals surface area contributed by atoms with Crippen molar-refractivity contribution >= 4 is 31.6 Å². The zero-order valence-electron chi connectivity index (χ0n) is 9.03. The lowest BCUT2D eigenvalue weighted by atomic mass is 10.5. The number of rotatable bonds is 5. The molecule has 0 saturated heterocycles. The standard InChI is InChI=1S/C8H12N2O4S3/c1-16(11,12)7-3-2-4-10-8(7)15-5-6-17(9,13)14/h2-4H,5-6H2,1H3,(H2,9,13,14). The van der Waals surface area contributed by atoms with Crippen molar-refractivity contribution in [2.45, 2.75) is 9.92 Å².